The second-order valence-electron chi connectivity index (χ2n) is 5.28. The standard InChI is InChI=1S/C18H18O2/c1-12-6-5-7-14(10-12)11-16(19)18-13(2)20-17-9-4-3-8-15(17)18/h3-10,16,19H,11H2,1-2H3. The number of rotatable bonds is 3. The van der Waals surface area contributed by atoms with Gasteiger partial charge in [-0.05, 0) is 25.5 Å². The Kier molecular flexibility index (Phi) is 3.33. The van der Waals surface area contributed by atoms with E-state index in [1.165, 1.54) is 5.56 Å². The second kappa shape index (κ2) is 5.14. The molecule has 0 spiro atoms. The van der Waals surface area contributed by atoms with Gasteiger partial charge in [0.2, 0.25) is 0 Å². The predicted molar refractivity (Wildman–Crippen MR) is 80.8 cm³/mol. The van der Waals surface area contributed by atoms with E-state index >= 15 is 0 Å². The van der Waals surface area contributed by atoms with Crippen molar-refractivity contribution in [2.24, 2.45) is 0 Å². The van der Waals surface area contributed by atoms with Crippen molar-refractivity contribution in [1.82, 2.24) is 0 Å². The van der Waals surface area contributed by atoms with Crippen LogP contribution < -0.4 is 0 Å². The fourth-order valence-corrected chi connectivity index (χ4v) is 2.77. The molecule has 3 rings (SSSR count). The third-order valence-electron chi connectivity index (χ3n) is 3.66. The number of aliphatic hydroxyl groups excluding tert-OH is 1. The Hall–Kier alpha value is -2.06. The minimum Gasteiger partial charge on any atom is -0.461 e. The van der Waals surface area contributed by atoms with Crippen molar-refractivity contribution in [3.63, 3.8) is 0 Å². The maximum absolute atomic E-state index is 10.6. The SMILES string of the molecule is Cc1cccc(CC(O)c2c(C)oc3ccccc23)c1. The van der Waals surface area contributed by atoms with Gasteiger partial charge in [-0.15, -0.1) is 0 Å². The van der Waals surface area contributed by atoms with Crippen molar-refractivity contribution in [1.29, 1.82) is 0 Å². The number of aryl methyl sites for hydroxylation is 2. The first kappa shape index (κ1) is 12.9. The molecule has 1 aromatic heterocycles. The molecule has 2 heteroatoms. The Bertz CT molecular complexity index is 740. The summed E-state index contributed by atoms with van der Waals surface area (Å²) in [6.07, 6.45) is 0.0620. The van der Waals surface area contributed by atoms with Crippen molar-refractivity contribution >= 4 is 11.0 Å². The molecule has 0 amide bonds. The van der Waals surface area contributed by atoms with Gasteiger partial charge in [-0.25, -0.2) is 0 Å². The van der Waals surface area contributed by atoms with Crippen LogP contribution in [-0.4, -0.2) is 5.11 Å². The third-order valence-corrected chi connectivity index (χ3v) is 3.66. The van der Waals surface area contributed by atoms with Gasteiger partial charge in [0, 0.05) is 17.4 Å². The van der Waals surface area contributed by atoms with Crippen LogP contribution in [0.25, 0.3) is 11.0 Å². The second-order valence-corrected chi connectivity index (χ2v) is 5.28. The lowest BCUT2D eigenvalue weighted by molar-refractivity contribution is 0.177. The molecule has 0 aliphatic rings. The first-order valence-electron chi connectivity index (χ1n) is 6.87. The molecule has 1 N–H and O–H groups in total. The molecule has 20 heavy (non-hydrogen) atoms. The van der Waals surface area contributed by atoms with E-state index in [9.17, 15) is 5.11 Å². The largest absolute Gasteiger partial charge is 0.461 e. The molecule has 3 aromatic rings. The molecule has 2 nitrogen and oxygen atoms in total. The minimum absolute atomic E-state index is 0.541. The van der Waals surface area contributed by atoms with Gasteiger partial charge in [0.15, 0.2) is 0 Å². The van der Waals surface area contributed by atoms with E-state index < -0.39 is 6.10 Å². The quantitative estimate of drug-likeness (QED) is 0.765. The van der Waals surface area contributed by atoms with Crippen LogP contribution in [-0.2, 0) is 6.42 Å². The molecule has 1 unspecified atom stereocenters. The van der Waals surface area contributed by atoms with Gasteiger partial charge in [-0.2, -0.15) is 0 Å². The topological polar surface area (TPSA) is 33.4 Å². The van der Waals surface area contributed by atoms with Gasteiger partial charge in [0.1, 0.15) is 11.3 Å². The fraction of sp³-hybridized carbons (Fsp3) is 0.222. The zero-order valence-corrected chi connectivity index (χ0v) is 11.8. The molecule has 2 aromatic carbocycles. The Morgan fingerprint density at radius 3 is 2.65 bits per heavy atom. The number of aliphatic hydroxyl groups is 1. The molecule has 1 heterocycles. The summed E-state index contributed by atoms with van der Waals surface area (Å²) in [7, 11) is 0. The lowest BCUT2D eigenvalue weighted by atomic mass is 9.98. The van der Waals surface area contributed by atoms with Gasteiger partial charge in [-0.1, -0.05) is 48.0 Å². The molecule has 0 bridgehead atoms. The fourth-order valence-electron chi connectivity index (χ4n) is 2.77. The molecular formula is C18H18O2. The molecular weight excluding hydrogens is 248 g/mol. The normalized spacial score (nSPS) is 12.8. The Morgan fingerprint density at radius 1 is 1.05 bits per heavy atom. The molecule has 102 valence electrons. The third kappa shape index (κ3) is 2.35. The van der Waals surface area contributed by atoms with Crippen LogP contribution in [0.15, 0.2) is 52.9 Å². The van der Waals surface area contributed by atoms with E-state index in [0.29, 0.717) is 6.42 Å². The van der Waals surface area contributed by atoms with E-state index in [0.717, 1.165) is 27.9 Å². The maximum Gasteiger partial charge on any atom is 0.134 e. The van der Waals surface area contributed by atoms with Crippen molar-refractivity contribution in [2.75, 3.05) is 0 Å². The highest BCUT2D eigenvalue weighted by atomic mass is 16.3. The first-order chi connectivity index (χ1) is 9.65. The highest BCUT2D eigenvalue weighted by Gasteiger charge is 2.18. The summed E-state index contributed by atoms with van der Waals surface area (Å²) in [5, 5.41) is 11.6. The lowest BCUT2D eigenvalue weighted by Crippen LogP contribution is -2.02. The molecule has 1 atom stereocenters. The van der Waals surface area contributed by atoms with Crippen LogP contribution in [0.4, 0.5) is 0 Å². The molecule has 0 saturated carbocycles. The summed E-state index contributed by atoms with van der Waals surface area (Å²) in [5.74, 6) is 0.798. The average Bonchev–Trinajstić information content (AvgIpc) is 2.74. The monoisotopic (exact) mass is 266 g/mol. The summed E-state index contributed by atoms with van der Waals surface area (Å²) < 4.78 is 5.72. The highest BCUT2D eigenvalue weighted by molar-refractivity contribution is 5.82. The van der Waals surface area contributed by atoms with Crippen molar-refractivity contribution in [2.45, 2.75) is 26.4 Å². The number of fused-ring (bicyclic) bond motifs is 1. The summed E-state index contributed by atoms with van der Waals surface area (Å²) in [4.78, 5) is 0. The van der Waals surface area contributed by atoms with Crippen molar-refractivity contribution < 1.29 is 9.52 Å². The van der Waals surface area contributed by atoms with Crippen LogP contribution in [0.5, 0.6) is 0 Å². The molecule has 0 saturated heterocycles. The predicted octanol–water partition coefficient (Wildman–Crippen LogP) is 4.33. The Balaban J connectivity index is 1.96. The number of furan rings is 1. The van der Waals surface area contributed by atoms with Crippen LogP contribution in [0.2, 0.25) is 0 Å². The molecule has 0 aliphatic carbocycles. The van der Waals surface area contributed by atoms with Crippen molar-refractivity contribution in [3.8, 4) is 0 Å². The number of hydrogen-bond acceptors (Lipinski definition) is 2. The van der Waals surface area contributed by atoms with Crippen LogP contribution in [0.3, 0.4) is 0 Å². The zero-order valence-electron chi connectivity index (χ0n) is 11.8. The van der Waals surface area contributed by atoms with Gasteiger partial charge >= 0.3 is 0 Å². The van der Waals surface area contributed by atoms with E-state index in [1.54, 1.807) is 0 Å². The summed E-state index contributed by atoms with van der Waals surface area (Å²) in [5.41, 5.74) is 4.09. The molecule has 0 radical (unpaired) electrons. The van der Waals surface area contributed by atoms with Crippen LogP contribution in [0, 0.1) is 13.8 Å². The van der Waals surface area contributed by atoms with E-state index in [4.69, 9.17) is 4.42 Å². The van der Waals surface area contributed by atoms with Crippen LogP contribution >= 0.6 is 0 Å². The molecule has 0 fully saturated rings. The minimum atomic E-state index is -0.541. The van der Waals surface area contributed by atoms with Gasteiger partial charge < -0.3 is 9.52 Å². The first-order valence-corrected chi connectivity index (χ1v) is 6.87. The number of benzene rings is 2. The van der Waals surface area contributed by atoms with E-state index in [1.807, 2.05) is 43.3 Å². The van der Waals surface area contributed by atoms with Gasteiger partial charge in [-0.3, -0.25) is 0 Å². The Morgan fingerprint density at radius 2 is 1.85 bits per heavy atom. The summed E-state index contributed by atoms with van der Waals surface area (Å²) in [6, 6.07) is 16.1. The maximum atomic E-state index is 10.6. The van der Waals surface area contributed by atoms with E-state index in [2.05, 4.69) is 19.1 Å². The summed E-state index contributed by atoms with van der Waals surface area (Å²) >= 11 is 0. The zero-order chi connectivity index (χ0) is 14.1. The number of para-hydroxylation sites is 1. The van der Waals surface area contributed by atoms with Crippen molar-refractivity contribution in [3.05, 3.63) is 71.0 Å². The van der Waals surface area contributed by atoms with Crippen LogP contribution in [0.1, 0.15) is 28.6 Å². The summed E-state index contributed by atoms with van der Waals surface area (Å²) in [6.45, 7) is 3.98. The smallest absolute Gasteiger partial charge is 0.134 e. The van der Waals surface area contributed by atoms with E-state index in [-0.39, 0.29) is 0 Å². The van der Waals surface area contributed by atoms with Gasteiger partial charge in [0.05, 0.1) is 6.10 Å². The molecule has 0 aliphatic heterocycles. The number of hydrogen-bond donors (Lipinski definition) is 1. The lowest BCUT2D eigenvalue weighted by Gasteiger charge is -2.11. The average molecular weight is 266 g/mol. The Labute approximate surface area is 118 Å². The highest BCUT2D eigenvalue weighted by Crippen LogP contribution is 2.32. The van der Waals surface area contributed by atoms with Gasteiger partial charge in [0.25, 0.3) is 0 Å².